The molecular weight excluding hydrogens is 412 g/mol. The number of benzene rings is 4. The Bertz CT molecular complexity index is 1700. The Labute approximate surface area is 200 Å². The zero-order chi connectivity index (χ0) is 23.6. The summed E-state index contributed by atoms with van der Waals surface area (Å²) in [7, 11) is 2.18. The highest BCUT2D eigenvalue weighted by atomic mass is 15.0. The first-order valence-electron chi connectivity index (χ1n) is 11.9. The molecule has 0 amide bonds. The molecule has 34 heavy (non-hydrogen) atoms. The number of nitrogens with zero attached hydrogens (tertiary/aromatic N) is 2. The molecule has 0 spiro atoms. The Kier molecular flexibility index (Phi) is 4.60. The van der Waals surface area contributed by atoms with Gasteiger partial charge in [0.2, 0.25) is 5.69 Å². The average Bonchev–Trinajstić information content (AvgIpc) is 3.19. The number of hydrogen-bond acceptors (Lipinski definition) is 0. The predicted molar refractivity (Wildman–Crippen MR) is 144 cm³/mol. The molecule has 166 valence electrons. The fourth-order valence-corrected chi connectivity index (χ4v) is 5.57. The van der Waals surface area contributed by atoms with Crippen LogP contribution in [-0.2, 0) is 7.05 Å². The van der Waals surface area contributed by atoms with Crippen LogP contribution in [0.3, 0.4) is 0 Å². The second-order valence-electron chi connectivity index (χ2n) is 9.51. The summed E-state index contributed by atoms with van der Waals surface area (Å²) in [5.74, 6) is 0. The van der Waals surface area contributed by atoms with Gasteiger partial charge < -0.3 is 4.57 Å². The van der Waals surface area contributed by atoms with Gasteiger partial charge in [-0.25, -0.2) is 0 Å². The number of aryl methyl sites for hydroxylation is 2. The van der Waals surface area contributed by atoms with Gasteiger partial charge in [0.15, 0.2) is 6.20 Å². The van der Waals surface area contributed by atoms with Crippen molar-refractivity contribution in [1.82, 2.24) is 4.57 Å². The maximum absolute atomic E-state index is 2.43. The minimum Gasteiger partial charge on any atom is -0.303 e. The van der Waals surface area contributed by atoms with Crippen molar-refractivity contribution < 1.29 is 4.57 Å². The van der Waals surface area contributed by atoms with E-state index in [1.807, 2.05) is 0 Å². The van der Waals surface area contributed by atoms with Crippen LogP contribution in [0.5, 0.6) is 0 Å². The fraction of sp³-hybridized carbons (Fsp3) is 0.156. The Morgan fingerprint density at radius 3 is 1.74 bits per heavy atom. The molecule has 0 radical (unpaired) electrons. The Morgan fingerprint density at radius 2 is 1.12 bits per heavy atom. The maximum Gasteiger partial charge on any atom is 0.220 e. The third-order valence-corrected chi connectivity index (χ3v) is 7.68. The summed E-state index contributed by atoms with van der Waals surface area (Å²) in [5.41, 5.74) is 11.7. The second kappa shape index (κ2) is 7.56. The van der Waals surface area contributed by atoms with Crippen molar-refractivity contribution in [3.63, 3.8) is 0 Å². The summed E-state index contributed by atoms with van der Waals surface area (Å²) in [6.07, 6.45) is 2.31. The lowest BCUT2D eigenvalue weighted by Crippen LogP contribution is -2.32. The SMILES string of the molecule is Cc1cc(-c2c3ccccc3c(-n3c4ccccc4c4ccccc43)c[n+]2C)c(C)c(C)c1C. The third kappa shape index (κ3) is 2.85. The molecule has 0 bridgehead atoms. The van der Waals surface area contributed by atoms with Gasteiger partial charge in [-0.3, -0.25) is 0 Å². The lowest BCUT2D eigenvalue weighted by molar-refractivity contribution is -0.658. The van der Waals surface area contributed by atoms with Crippen molar-refractivity contribution in [1.29, 1.82) is 0 Å². The van der Waals surface area contributed by atoms with E-state index in [0.29, 0.717) is 0 Å². The summed E-state index contributed by atoms with van der Waals surface area (Å²) in [5, 5.41) is 5.11. The van der Waals surface area contributed by atoms with Gasteiger partial charge in [-0.15, -0.1) is 0 Å². The van der Waals surface area contributed by atoms with E-state index in [1.54, 1.807) is 0 Å². The molecular formula is C32H29N2+. The van der Waals surface area contributed by atoms with Crippen molar-refractivity contribution in [2.75, 3.05) is 0 Å². The van der Waals surface area contributed by atoms with E-state index in [0.717, 1.165) is 0 Å². The summed E-state index contributed by atoms with van der Waals surface area (Å²) >= 11 is 0. The van der Waals surface area contributed by atoms with Crippen molar-refractivity contribution in [2.24, 2.45) is 7.05 Å². The van der Waals surface area contributed by atoms with E-state index in [1.165, 1.54) is 71.8 Å². The van der Waals surface area contributed by atoms with E-state index in [4.69, 9.17) is 0 Å². The standard InChI is InChI=1S/C32H29N2/c1-20-18-28(23(4)22(3)21(20)2)32-27-15-7-6-14-26(27)31(19-33(32)5)34-29-16-10-8-12-24(29)25-13-9-11-17-30(25)34/h6-19H,1-5H3/q+1. The number of fused-ring (bicyclic) bond motifs is 4. The van der Waals surface area contributed by atoms with Gasteiger partial charge in [0.05, 0.1) is 22.0 Å². The molecule has 0 aliphatic rings. The van der Waals surface area contributed by atoms with Gasteiger partial charge >= 0.3 is 0 Å². The van der Waals surface area contributed by atoms with E-state index in [2.05, 4.69) is 129 Å². The first kappa shape index (κ1) is 20.7. The molecule has 6 rings (SSSR count). The summed E-state index contributed by atoms with van der Waals surface area (Å²) in [4.78, 5) is 0. The number of para-hydroxylation sites is 2. The first-order chi connectivity index (χ1) is 16.5. The number of hydrogen-bond donors (Lipinski definition) is 0. The molecule has 0 saturated heterocycles. The van der Waals surface area contributed by atoms with Crippen LogP contribution in [0.25, 0.3) is 49.5 Å². The van der Waals surface area contributed by atoms with Crippen LogP contribution in [0, 0.1) is 27.7 Å². The molecule has 2 nitrogen and oxygen atoms in total. The van der Waals surface area contributed by atoms with Gasteiger partial charge in [0.1, 0.15) is 12.7 Å². The molecule has 0 fully saturated rings. The molecule has 0 unspecified atom stereocenters. The summed E-state index contributed by atoms with van der Waals surface area (Å²) in [6, 6.07) is 28.7. The third-order valence-electron chi connectivity index (χ3n) is 7.68. The summed E-state index contributed by atoms with van der Waals surface area (Å²) < 4.78 is 4.74. The molecule has 0 aliphatic heterocycles. The lowest BCUT2D eigenvalue weighted by Gasteiger charge is -2.16. The highest BCUT2D eigenvalue weighted by Gasteiger charge is 2.24. The topological polar surface area (TPSA) is 8.81 Å². The van der Waals surface area contributed by atoms with Crippen molar-refractivity contribution in [2.45, 2.75) is 27.7 Å². The predicted octanol–water partition coefficient (Wildman–Crippen LogP) is 7.66. The summed E-state index contributed by atoms with van der Waals surface area (Å²) in [6.45, 7) is 8.95. The highest BCUT2D eigenvalue weighted by molar-refractivity contribution is 6.11. The molecule has 0 N–H and O–H groups in total. The molecule has 2 heteroatoms. The lowest BCUT2D eigenvalue weighted by atomic mass is 9.91. The van der Waals surface area contributed by atoms with Crippen LogP contribution < -0.4 is 4.57 Å². The monoisotopic (exact) mass is 441 g/mol. The van der Waals surface area contributed by atoms with Crippen molar-refractivity contribution in [3.8, 4) is 16.9 Å². The van der Waals surface area contributed by atoms with Gasteiger partial charge in [0.25, 0.3) is 0 Å². The molecule has 0 atom stereocenters. The van der Waals surface area contributed by atoms with Crippen molar-refractivity contribution in [3.05, 3.63) is 107 Å². The Balaban J connectivity index is 1.76. The Hall–Kier alpha value is -3.91. The molecule has 4 aromatic carbocycles. The fourth-order valence-electron chi connectivity index (χ4n) is 5.57. The van der Waals surface area contributed by atoms with Crippen LogP contribution in [-0.4, -0.2) is 4.57 Å². The molecule has 0 aliphatic carbocycles. The minimum absolute atomic E-state index is 1.21. The number of pyridine rings is 1. The van der Waals surface area contributed by atoms with Gasteiger partial charge in [-0.2, -0.15) is 4.57 Å². The second-order valence-corrected chi connectivity index (χ2v) is 9.51. The zero-order valence-corrected chi connectivity index (χ0v) is 20.5. The molecule has 2 heterocycles. The van der Waals surface area contributed by atoms with E-state index in [-0.39, 0.29) is 0 Å². The Morgan fingerprint density at radius 1 is 0.588 bits per heavy atom. The maximum atomic E-state index is 2.43. The average molecular weight is 442 g/mol. The smallest absolute Gasteiger partial charge is 0.220 e. The van der Waals surface area contributed by atoms with Crippen LogP contribution in [0.15, 0.2) is 85.1 Å². The number of aromatic nitrogens is 2. The van der Waals surface area contributed by atoms with Gasteiger partial charge in [-0.1, -0.05) is 54.6 Å². The number of rotatable bonds is 2. The molecule has 2 aromatic heterocycles. The van der Waals surface area contributed by atoms with E-state index >= 15 is 0 Å². The first-order valence-corrected chi connectivity index (χ1v) is 11.9. The van der Waals surface area contributed by atoms with Crippen LogP contribution in [0.4, 0.5) is 0 Å². The van der Waals surface area contributed by atoms with Crippen LogP contribution >= 0.6 is 0 Å². The van der Waals surface area contributed by atoms with Crippen LogP contribution in [0.2, 0.25) is 0 Å². The highest BCUT2D eigenvalue weighted by Crippen LogP contribution is 2.37. The zero-order valence-electron chi connectivity index (χ0n) is 20.5. The van der Waals surface area contributed by atoms with E-state index in [9.17, 15) is 0 Å². The van der Waals surface area contributed by atoms with Crippen LogP contribution in [0.1, 0.15) is 22.3 Å². The van der Waals surface area contributed by atoms with E-state index < -0.39 is 0 Å². The largest absolute Gasteiger partial charge is 0.303 e. The minimum atomic E-state index is 1.21. The quantitative estimate of drug-likeness (QED) is 0.244. The molecule has 0 saturated carbocycles. The van der Waals surface area contributed by atoms with Crippen molar-refractivity contribution >= 4 is 32.6 Å². The van der Waals surface area contributed by atoms with Gasteiger partial charge in [0, 0.05) is 16.2 Å². The normalized spacial score (nSPS) is 11.7. The van der Waals surface area contributed by atoms with Gasteiger partial charge in [-0.05, 0) is 74.2 Å². The molecule has 6 aromatic rings.